The number of aryl methyl sites for hydroxylation is 3. The van der Waals surface area contributed by atoms with Crippen molar-refractivity contribution in [2.24, 2.45) is 0 Å². The van der Waals surface area contributed by atoms with Crippen LogP contribution < -0.4 is 4.74 Å². The lowest BCUT2D eigenvalue weighted by molar-refractivity contribution is 0.305. The van der Waals surface area contributed by atoms with Gasteiger partial charge in [0.15, 0.2) is 0 Å². The average Bonchev–Trinajstić information content (AvgIpc) is 2.83. The lowest BCUT2D eigenvalue weighted by atomic mass is 10.1. The molecule has 0 unspecified atom stereocenters. The maximum Gasteiger partial charge on any atom is 0.140 e. The standard InChI is InChI=1S/C16H18N2OS/c1-4-5-14-15(9-17)20-16(18-14)10-19-13-7-6-11(2)12(3)8-13/h6-8H,4-5,10H2,1-3H3. The lowest BCUT2D eigenvalue weighted by Crippen LogP contribution is -1.96. The molecule has 0 fully saturated rings. The van der Waals surface area contributed by atoms with Crippen LogP contribution in [0.4, 0.5) is 0 Å². The van der Waals surface area contributed by atoms with Crippen LogP contribution in [0.5, 0.6) is 5.75 Å². The van der Waals surface area contributed by atoms with Gasteiger partial charge in [-0.1, -0.05) is 19.4 Å². The fourth-order valence-corrected chi connectivity index (χ4v) is 2.73. The highest BCUT2D eigenvalue weighted by atomic mass is 32.1. The average molecular weight is 286 g/mol. The maximum absolute atomic E-state index is 9.09. The molecule has 0 N–H and O–H groups in total. The van der Waals surface area contributed by atoms with E-state index in [-0.39, 0.29) is 0 Å². The van der Waals surface area contributed by atoms with E-state index in [4.69, 9.17) is 10.00 Å². The molecule has 20 heavy (non-hydrogen) atoms. The predicted molar refractivity (Wildman–Crippen MR) is 81.1 cm³/mol. The molecule has 0 spiro atoms. The second-order valence-corrected chi connectivity index (χ2v) is 5.86. The highest BCUT2D eigenvalue weighted by Crippen LogP contribution is 2.22. The number of benzene rings is 1. The number of aromatic nitrogens is 1. The maximum atomic E-state index is 9.09. The Hall–Kier alpha value is -1.86. The van der Waals surface area contributed by atoms with Crippen molar-refractivity contribution in [3.63, 3.8) is 0 Å². The molecule has 0 saturated heterocycles. The summed E-state index contributed by atoms with van der Waals surface area (Å²) in [5.74, 6) is 0.846. The summed E-state index contributed by atoms with van der Waals surface area (Å²) in [4.78, 5) is 5.21. The Kier molecular flexibility index (Phi) is 4.75. The van der Waals surface area contributed by atoms with E-state index in [2.05, 4.69) is 37.9 Å². The van der Waals surface area contributed by atoms with Gasteiger partial charge in [0, 0.05) is 0 Å². The third kappa shape index (κ3) is 3.37. The summed E-state index contributed by atoms with van der Waals surface area (Å²) in [6, 6.07) is 8.26. The van der Waals surface area contributed by atoms with Gasteiger partial charge in [-0.15, -0.1) is 11.3 Å². The third-order valence-electron chi connectivity index (χ3n) is 3.17. The highest BCUT2D eigenvalue weighted by Gasteiger charge is 2.10. The minimum Gasteiger partial charge on any atom is -0.486 e. The van der Waals surface area contributed by atoms with Crippen molar-refractivity contribution in [2.45, 2.75) is 40.2 Å². The van der Waals surface area contributed by atoms with Crippen molar-refractivity contribution in [3.05, 3.63) is 44.9 Å². The number of nitriles is 1. The Balaban J connectivity index is 2.07. The topological polar surface area (TPSA) is 45.9 Å². The zero-order valence-electron chi connectivity index (χ0n) is 12.1. The molecule has 2 aromatic rings. The number of rotatable bonds is 5. The molecule has 2 rings (SSSR count). The second-order valence-electron chi connectivity index (χ2n) is 4.78. The molecule has 0 aliphatic carbocycles. The van der Waals surface area contributed by atoms with Gasteiger partial charge in [0.1, 0.15) is 28.3 Å². The largest absolute Gasteiger partial charge is 0.486 e. The van der Waals surface area contributed by atoms with Crippen molar-refractivity contribution in [1.82, 2.24) is 4.98 Å². The fourth-order valence-electron chi connectivity index (χ4n) is 1.90. The van der Waals surface area contributed by atoms with E-state index in [0.717, 1.165) is 29.3 Å². The normalized spacial score (nSPS) is 10.3. The van der Waals surface area contributed by atoms with Crippen molar-refractivity contribution in [1.29, 1.82) is 5.26 Å². The zero-order valence-corrected chi connectivity index (χ0v) is 12.9. The Morgan fingerprint density at radius 3 is 2.75 bits per heavy atom. The monoisotopic (exact) mass is 286 g/mol. The van der Waals surface area contributed by atoms with E-state index >= 15 is 0 Å². The summed E-state index contributed by atoms with van der Waals surface area (Å²) in [6.07, 6.45) is 1.85. The van der Waals surface area contributed by atoms with Gasteiger partial charge in [0.2, 0.25) is 0 Å². The van der Waals surface area contributed by atoms with E-state index < -0.39 is 0 Å². The van der Waals surface area contributed by atoms with Crippen LogP contribution in [0.3, 0.4) is 0 Å². The Labute approximate surface area is 123 Å². The number of hydrogen-bond donors (Lipinski definition) is 0. The Morgan fingerprint density at radius 1 is 1.30 bits per heavy atom. The molecule has 0 bridgehead atoms. The molecule has 0 atom stereocenters. The molecule has 3 nitrogen and oxygen atoms in total. The highest BCUT2D eigenvalue weighted by molar-refractivity contribution is 7.12. The molecule has 0 amide bonds. The van der Waals surface area contributed by atoms with Crippen LogP contribution in [0, 0.1) is 25.2 Å². The minimum atomic E-state index is 0.422. The molecule has 1 aromatic carbocycles. The van der Waals surface area contributed by atoms with Gasteiger partial charge in [0.05, 0.1) is 5.69 Å². The summed E-state index contributed by atoms with van der Waals surface area (Å²) in [6.45, 7) is 6.66. The molecule has 1 heterocycles. The van der Waals surface area contributed by atoms with Gasteiger partial charge in [-0.25, -0.2) is 4.98 Å². The van der Waals surface area contributed by atoms with E-state index in [1.54, 1.807) is 0 Å². The summed E-state index contributed by atoms with van der Waals surface area (Å²) < 4.78 is 5.76. The Morgan fingerprint density at radius 2 is 2.10 bits per heavy atom. The third-order valence-corrected chi connectivity index (χ3v) is 4.15. The zero-order chi connectivity index (χ0) is 14.5. The molecule has 0 radical (unpaired) electrons. The molecule has 0 aliphatic heterocycles. The molecule has 104 valence electrons. The minimum absolute atomic E-state index is 0.422. The van der Waals surface area contributed by atoms with E-state index in [1.807, 2.05) is 12.1 Å². The van der Waals surface area contributed by atoms with Crippen LogP contribution in [0.25, 0.3) is 0 Å². The Bertz CT molecular complexity index is 640. The van der Waals surface area contributed by atoms with Crippen molar-refractivity contribution >= 4 is 11.3 Å². The first-order valence-electron chi connectivity index (χ1n) is 6.72. The SMILES string of the molecule is CCCc1nc(COc2ccc(C)c(C)c2)sc1C#N. The van der Waals surface area contributed by atoms with E-state index in [0.29, 0.717) is 11.5 Å². The summed E-state index contributed by atoms with van der Waals surface area (Å²) >= 11 is 1.43. The molecular formula is C16H18N2OS. The first kappa shape index (κ1) is 14.5. The van der Waals surface area contributed by atoms with Crippen molar-refractivity contribution in [3.8, 4) is 11.8 Å². The van der Waals surface area contributed by atoms with Gasteiger partial charge in [-0.3, -0.25) is 0 Å². The molecule has 0 saturated carbocycles. The van der Waals surface area contributed by atoms with Crippen LogP contribution in [0.2, 0.25) is 0 Å². The predicted octanol–water partition coefficient (Wildman–Crippen LogP) is 4.16. The van der Waals surface area contributed by atoms with Crippen LogP contribution in [-0.2, 0) is 13.0 Å². The molecular weight excluding hydrogens is 268 g/mol. The number of nitrogens with zero attached hydrogens (tertiary/aromatic N) is 2. The lowest BCUT2D eigenvalue weighted by Gasteiger charge is -2.06. The smallest absolute Gasteiger partial charge is 0.140 e. The van der Waals surface area contributed by atoms with Crippen LogP contribution in [0.1, 0.15) is 40.1 Å². The quantitative estimate of drug-likeness (QED) is 0.829. The van der Waals surface area contributed by atoms with Gasteiger partial charge in [-0.2, -0.15) is 5.26 Å². The molecule has 4 heteroatoms. The van der Waals surface area contributed by atoms with E-state index in [9.17, 15) is 0 Å². The van der Waals surface area contributed by atoms with Crippen molar-refractivity contribution < 1.29 is 4.74 Å². The fraction of sp³-hybridized carbons (Fsp3) is 0.375. The van der Waals surface area contributed by atoms with Gasteiger partial charge in [0.25, 0.3) is 0 Å². The van der Waals surface area contributed by atoms with Gasteiger partial charge >= 0.3 is 0 Å². The van der Waals surface area contributed by atoms with Crippen LogP contribution in [0.15, 0.2) is 18.2 Å². The number of hydrogen-bond acceptors (Lipinski definition) is 4. The molecule has 0 aliphatic rings. The van der Waals surface area contributed by atoms with Gasteiger partial charge in [-0.05, 0) is 43.5 Å². The summed E-state index contributed by atoms with van der Waals surface area (Å²) in [5, 5.41) is 9.95. The number of thiazole rings is 1. The van der Waals surface area contributed by atoms with Gasteiger partial charge < -0.3 is 4.74 Å². The second kappa shape index (κ2) is 6.53. The first-order chi connectivity index (χ1) is 9.63. The van der Waals surface area contributed by atoms with Crippen LogP contribution in [-0.4, -0.2) is 4.98 Å². The summed E-state index contributed by atoms with van der Waals surface area (Å²) in [7, 11) is 0. The number of ether oxygens (including phenoxy) is 1. The van der Waals surface area contributed by atoms with E-state index in [1.165, 1.54) is 22.5 Å². The van der Waals surface area contributed by atoms with Crippen molar-refractivity contribution in [2.75, 3.05) is 0 Å². The summed E-state index contributed by atoms with van der Waals surface area (Å²) in [5.41, 5.74) is 3.37. The molecule has 1 aromatic heterocycles. The van der Waals surface area contributed by atoms with Crippen LogP contribution >= 0.6 is 11.3 Å². The first-order valence-corrected chi connectivity index (χ1v) is 7.54.